The summed E-state index contributed by atoms with van der Waals surface area (Å²) in [7, 11) is 0. The third kappa shape index (κ3) is 4.81. The van der Waals surface area contributed by atoms with Crippen LogP contribution in [-0.2, 0) is 4.79 Å². The molecule has 1 aliphatic heterocycles. The second-order valence-corrected chi connectivity index (χ2v) is 6.48. The van der Waals surface area contributed by atoms with Gasteiger partial charge in [0.15, 0.2) is 6.61 Å². The molecule has 1 aromatic heterocycles. The fourth-order valence-electron chi connectivity index (χ4n) is 2.95. The summed E-state index contributed by atoms with van der Waals surface area (Å²) in [5, 5.41) is 2.99. The number of carbonyl (C=O) groups excluding carboxylic acids is 2. The van der Waals surface area contributed by atoms with E-state index in [0.717, 1.165) is 18.4 Å². The van der Waals surface area contributed by atoms with E-state index >= 15 is 0 Å². The zero-order valence-electron chi connectivity index (χ0n) is 14.9. The van der Waals surface area contributed by atoms with E-state index in [1.807, 2.05) is 36.1 Å². The Morgan fingerprint density at radius 3 is 2.58 bits per heavy atom. The minimum Gasteiger partial charge on any atom is -0.484 e. The molecule has 6 heteroatoms. The number of piperidine rings is 1. The lowest BCUT2D eigenvalue weighted by molar-refractivity contribution is -0.124. The second-order valence-electron chi connectivity index (χ2n) is 6.48. The largest absolute Gasteiger partial charge is 0.484 e. The van der Waals surface area contributed by atoms with Crippen LogP contribution in [0.25, 0.3) is 0 Å². The van der Waals surface area contributed by atoms with Gasteiger partial charge < -0.3 is 15.0 Å². The highest BCUT2D eigenvalue weighted by Crippen LogP contribution is 2.14. The Hall–Kier alpha value is -2.89. The molecule has 1 aliphatic rings. The zero-order chi connectivity index (χ0) is 18.4. The van der Waals surface area contributed by atoms with Crippen molar-refractivity contribution in [1.29, 1.82) is 0 Å². The molecule has 0 bridgehead atoms. The lowest BCUT2D eigenvalue weighted by Gasteiger charge is -2.32. The summed E-state index contributed by atoms with van der Waals surface area (Å²) >= 11 is 0. The maximum atomic E-state index is 12.4. The Kier molecular flexibility index (Phi) is 5.84. The molecule has 2 aromatic rings. The predicted molar refractivity (Wildman–Crippen MR) is 98.0 cm³/mol. The van der Waals surface area contributed by atoms with E-state index in [2.05, 4.69) is 10.3 Å². The summed E-state index contributed by atoms with van der Waals surface area (Å²) in [4.78, 5) is 30.2. The molecule has 26 heavy (non-hydrogen) atoms. The number of pyridine rings is 1. The standard InChI is InChI=1S/C20H23N3O3/c1-15-4-6-18(7-5-15)26-14-19(24)22-17-8-11-23(12-9-17)20(25)16-3-2-10-21-13-16/h2-7,10,13,17H,8-9,11-12,14H2,1H3,(H,22,24). The number of amides is 2. The van der Waals surface area contributed by atoms with Gasteiger partial charge >= 0.3 is 0 Å². The number of ether oxygens (including phenoxy) is 1. The average Bonchev–Trinajstić information content (AvgIpc) is 2.68. The molecule has 136 valence electrons. The van der Waals surface area contributed by atoms with Crippen molar-refractivity contribution < 1.29 is 14.3 Å². The van der Waals surface area contributed by atoms with Gasteiger partial charge in [-0.25, -0.2) is 0 Å². The Bertz CT molecular complexity index is 739. The van der Waals surface area contributed by atoms with Crippen LogP contribution in [0.1, 0.15) is 28.8 Å². The zero-order valence-corrected chi connectivity index (χ0v) is 14.9. The number of nitrogens with one attached hydrogen (secondary N) is 1. The predicted octanol–water partition coefficient (Wildman–Crippen LogP) is 2.19. The summed E-state index contributed by atoms with van der Waals surface area (Å²) in [6.45, 7) is 3.24. The SMILES string of the molecule is Cc1ccc(OCC(=O)NC2CCN(C(=O)c3cccnc3)CC2)cc1. The van der Waals surface area contributed by atoms with Crippen molar-refractivity contribution in [2.75, 3.05) is 19.7 Å². The van der Waals surface area contributed by atoms with Crippen molar-refractivity contribution in [3.63, 3.8) is 0 Å². The van der Waals surface area contributed by atoms with Crippen molar-refractivity contribution in [2.45, 2.75) is 25.8 Å². The van der Waals surface area contributed by atoms with E-state index in [1.54, 1.807) is 24.5 Å². The number of likely N-dealkylation sites (tertiary alicyclic amines) is 1. The van der Waals surface area contributed by atoms with Gasteiger partial charge in [-0.1, -0.05) is 17.7 Å². The molecule has 0 atom stereocenters. The molecule has 0 radical (unpaired) electrons. The van der Waals surface area contributed by atoms with Gasteiger partial charge in [-0.05, 0) is 44.0 Å². The van der Waals surface area contributed by atoms with Crippen LogP contribution in [0.3, 0.4) is 0 Å². The molecular weight excluding hydrogens is 330 g/mol. The van der Waals surface area contributed by atoms with E-state index in [4.69, 9.17) is 4.74 Å². The summed E-state index contributed by atoms with van der Waals surface area (Å²) in [5.74, 6) is 0.538. The van der Waals surface area contributed by atoms with Crippen LogP contribution < -0.4 is 10.1 Å². The molecule has 0 saturated carbocycles. The smallest absolute Gasteiger partial charge is 0.258 e. The fourth-order valence-corrected chi connectivity index (χ4v) is 2.95. The van der Waals surface area contributed by atoms with E-state index in [0.29, 0.717) is 24.4 Å². The molecule has 1 aromatic carbocycles. The van der Waals surface area contributed by atoms with E-state index in [9.17, 15) is 9.59 Å². The molecule has 2 amide bonds. The molecule has 0 aliphatic carbocycles. The third-order valence-electron chi connectivity index (χ3n) is 4.45. The van der Waals surface area contributed by atoms with Gasteiger partial charge in [-0.2, -0.15) is 0 Å². The van der Waals surface area contributed by atoms with Gasteiger partial charge in [-0.3, -0.25) is 14.6 Å². The van der Waals surface area contributed by atoms with Gasteiger partial charge in [0.1, 0.15) is 5.75 Å². The molecule has 2 heterocycles. The van der Waals surface area contributed by atoms with Crippen molar-refractivity contribution >= 4 is 11.8 Å². The molecule has 3 rings (SSSR count). The quantitative estimate of drug-likeness (QED) is 0.894. The Labute approximate surface area is 153 Å². The van der Waals surface area contributed by atoms with Crippen LogP contribution in [0.15, 0.2) is 48.8 Å². The highest BCUT2D eigenvalue weighted by atomic mass is 16.5. The lowest BCUT2D eigenvalue weighted by atomic mass is 10.0. The van der Waals surface area contributed by atoms with Gasteiger partial charge in [0, 0.05) is 31.5 Å². The van der Waals surface area contributed by atoms with Crippen LogP contribution >= 0.6 is 0 Å². The number of hydrogen-bond donors (Lipinski definition) is 1. The summed E-state index contributed by atoms with van der Waals surface area (Å²) in [5.41, 5.74) is 1.75. The van der Waals surface area contributed by atoms with E-state index in [-0.39, 0.29) is 24.5 Å². The van der Waals surface area contributed by atoms with Crippen molar-refractivity contribution in [3.05, 3.63) is 59.9 Å². The Morgan fingerprint density at radius 1 is 1.19 bits per heavy atom. The first-order chi connectivity index (χ1) is 12.6. The van der Waals surface area contributed by atoms with Gasteiger partial charge in [0.25, 0.3) is 11.8 Å². The number of aryl methyl sites for hydroxylation is 1. The van der Waals surface area contributed by atoms with Gasteiger partial charge in [0.05, 0.1) is 5.56 Å². The first-order valence-electron chi connectivity index (χ1n) is 8.80. The molecule has 1 N–H and O–H groups in total. The minimum absolute atomic E-state index is 0.00209. The fraction of sp³-hybridized carbons (Fsp3) is 0.350. The number of nitrogens with zero attached hydrogens (tertiary/aromatic N) is 2. The third-order valence-corrected chi connectivity index (χ3v) is 4.45. The minimum atomic E-state index is -0.136. The van der Waals surface area contributed by atoms with E-state index < -0.39 is 0 Å². The van der Waals surface area contributed by atoms with Crippen LogP contribution in [0, 0.1) is 6.92 Å². The van der Waals surface area contributed by atoms with Crippen LogP contribution in [-0.4, -0.2) is 47.4 Å². The first kappa shape index (κ1) is 17.9. The Morgan fingerprint density at radius 2 is 1.92 bits per heavy atom. The second kappa shape index (κ2) is 8.47. The summed E-state index contributed by atoms with van der Waals surface area (Å²) in [6, 6.07) is 11.2. The molecule has 1 fully saturated rings. The van der Waals surface area contributed by atoms with Gasteiger partial charge in [0.2, 0.25) is 0 Å². The molecule has 0 spiro atoms. The van der Waals surface area contributed by atoms with Crippen molar-refractivity contribution in [3.8, 4) is 5.75 Å². The highest BCUT2D eigenvalue weighted by Gasteiger charge is 2.24. The number of benzene rings is 1. The number of carbonyl (C=O) groups is 2. The normalized spacial score (nSPS) is 14.7. The first-order valence-corrected chi connectivity index (χ1v) is 8.80. The van der Waals surface area contributed by atoms with Crippen molar-refractivity contribution in [2.24, 2.45) is 0 Å². The van der Waals surface area contributed by atoms with Gasteiger partial charge in [-0.15, -0.1) is 0 Å². The topological polar surface area (TPSA) is 71.5 Å². The number of aromatic nitrogens is 1. The van der Waals surface area contributed by atoms with Crippen LogP contribution in [0.5, 0.6) is 5.75 Å². The molecule has 6 nitrogen and oxygen atoms in total. The highest BCUT2D eigenvalue weighted by molar-refractivity contribution is 5.93. The van der Waals surface area contributed by atoms with Crippen LogP contribution in [0.4, 0.5) is 0 Å². The number of rotatable bonds is 5. The summed E-state index contributed by atoms with van der Waals surface area (Å²) in [6.07, 6.45) is 4.71. The lowest BCUT2D eigenvalue weighted by Crippen LogP contribution is -2.47. The van der Waals surface area contributed by atoms with Crippen molar-refractivity contribution in [1.82, 2.24) is 15.2 Å². The molecular formula is C20H23N3O3. The van der Waals surface area contributed by atoms with E-state index in [1.165, 1.54) is 0 Å². The average molecular weight is 353 g/mol. The maximum Gasteiger partial charge on any atom is 0.258 e. The summed E-state index contributed by atoms with van der Waals surface area (Å²) < 4.78 is 5.50. The molecule has 1 saturated heterocycles. The monoisotopic (exact) mass is 353 g/mol. The number of hydrogen-bond acceptors (Lipinski definition) is 4. The Balaban J connectivity index is 1.41. The molecule has 0 unspecified atom stereocenters. The maximum absolute atomic E-state index is 12.4. The van der Waals surface area contributed by atoms with Crippen LogP contribution in [0.2, 0.25) is 0 Å².